The molecule has 0 bridgehead atoms. The van der Waals surface area contributed by atoms with E-state index in [1.54, 1.807) is 17.0 Å². The zero-order valence-electron chi connectivity index (χ0n) is 7.62. The van der Waals surface area contributed by atoms with Crippen LogP contribution in [0, 0.1) is 0 Å². The molecule has 0 N–H and O–H groups in total. The van der Waals surface area contributed by atoms with Gasteiger partial charge in [0.2, 0.25) is 6.29 Å². The Morgan fingerprint density at radius 2 is 2.15 bits per heavy atom. The molecule has 1 radical (unpaired) electrons. The first-order chi connectivity index (χ1) is 6.15. The van der Waals surface area contributed by atoms with Crippen molar-refractivity contribution in [2.75, 3.05) is 14.1 Å². The fraction of sp³-hybridized carbons (Fsp3) is 0.300. The molecule has 0 heterocycles. The van der Waals surface area contributed by atoms with Crippen LogP contribution in [0.3, 0.4) is 0 Å². The zero-order chi connectivity index (χ0) is 9.84. The third kappa shape index (κ3) is 2.54. The van der Waals surface area contributed by atoms with Crippen LogP contribution in [-0.4, -0.2) is 25.3 Å². The minimum atomic E-state index is -0.335. The van der Waals surface area contributed by atoms with Gasteiger partial charge < -0.3 is 0 Å². The monoisotopic (exact) mass is 196 g/mol. The van der Waals surface area contributed by atoms with Gasteiger partial charge in [-0.25, -0.2) is 0 Å². The van der Waals surface area contributed by atoms with Gasteiger partial charge in [-0.15, -0.1) is 0 Å². The Bertz CT molecular complexity index is 299. The topological polar surface area (TPSA) is 20.3 Å². The molecule has 1 aromatic carbocycles. The van der Waals surface area contributed by atoms with Crippen molar-refractivity contribution >= 4 is 17.9 Å². The molecule has 69 valence electrons. The third-order valence-electron chi connectivity index (χ3n) is 1.79. The molecule has 0 aromatic heterocycles. The highest BCUT2D eigenvalue weighted by atomic mass is 35.5. The molecule has 1 aromatic rings. The van der Waals surface area contributed by atoms with E-state index in [-0.39, 0.29) is 6.04 Å². The summed E-state index contributed by atoms with van der Waals surface area (Å²) in [6.45, 7) is 0. The Hall–Kier alpha value is -0.860. The van der Waals surface area contributed by atoms with E-state index in [1.165, 1.54) is 0 Å². The van der Waals surface area contributed by atoms with E-state index >= 15 is 0 Å². The molecule has 0 aliphatic rings. The van der Waals surface area contributed by atoms with Gasteiger partial charge in [-0.3, -0.25) is 9.69 Å². The molecule has 0 aliphatic heterocycles. The fourth-order valence-corrected chi connectivity index (χ4v) is 1.35. The molecule has 0 saturated carbocycles. The molecule has 0 saturated heterocycles. The summed E-state index contributed by atoms with van der Waals surface area (Å²) in [4.78, 5) is 12.4. The van der Waals surface area contributed by atoms with Crippen LogP contribution in [0.2, 0.25) is 5.02 Å². The second-order valence-electron chi connectivity index (χ2n) is 3.04. The highest BCUT2D eigenvalue weighted by Crippen LogP contribution is 2.19. The van der Waals surface area contributed by atoms with Gasteiger partial charge in [0.15, 0.2) is 0 Å². The minimum Gasteiger partial charge on any atom is -0.296 e. The van der Waals surface area contributed by atoms with Gasteiger partial charge in [0.1, 0.15) is 6.04 Å². The smallest absolute Gasteiger partial charge is 0.221 e. The van der Waals surface area contributed by atoms with Crippen molar-refractivity contribution in [3.05, 3.63) is 34.9 Å². The van der Waals surface area contributed by atoms with Crippen molar-refractivity contribution < 1.29 is 4.79 Å². The first-order valence-corrected chi connectivity index (χ1v) is 4.32. The van der Waals surface area contributed by atoms with Crippen LogP contribution in [0.1, 0.15) is 11.6 Å². The number of rotatable bonds is 3. The van der Waals surface area contributed by atoms with Crippen LogP contribution in [0.25, 0.3) is 0 Å². The van der Waals surface area contributed by atoms with Crippen LogP contribution in [0.4, 0.5) is 0 Å². The van der Waals surface area contributed by atoms with E-state index in [0.717, 1.165) is 5.56 Å². The van der Waals surface area contributed by atoms with Crippen molar-refractivity contribution in [1.29, 1.82) is 0 Å². The summed E-state index contributed by atoms with van der Waals surface area (Å²) < 4.78 is 0. The number of hydrogen-bond donors (Lipinski definition) is 0. The summed E-state index contributed by atoms with van der Waals surface area (Å²) >= 11 is 5.80. The Balaban J connectivity index is 2.98. The first-order valence-electron chi connectivity index (χ1n) is 3.94. The fourth-order valence-electron chi connectivity index (χ4n) is 1.15. The maximum atomic E-state index is 10.6. The number of likely N-dealkylation sites (N-methyl/N-ethyl adjacent to an activating group) is 1. The predicted molar refractivity (Wildman–Crippen MR) is 53.6 cm³/mol. The standard InChI is InChI=1S/C10H11ClNO/c1-12(2)10(7-13)8-4-3-5-9(11)6-8/h3-6,10H,1-2H3. The van der Waals surface area contributed by atoms with Gasteiger partial charge in [0.05, 0.1) is 0 Å². The molecule has 0 fully saturated rings. The molecule has 13 heavy (non-hydrogen) atoms. The van der Waals surface area contributed by atoms with Gasteiger partial charge in [0.25, 0.3) is 0 Å². The molecule has 1 rings (SSSR count). The van der Waals surface area contributed by atoms with E-state index in [9.17, 15) is 4.79 Å². The lowest BCUT2D eigenvalue weighted by Gasteiger charge is -2.17. The number of nitrogens with zero attached hydrogens (tertiary/aromatic N) is 1. The molecule has 0 spiro atoms. The first kappa shape index (κ1) is 10.2. The predicted octanol–water partition coefficient (Wildman–Crippen LogP) is 2.05. The number of benzene rings is 1. The molecule has 2 nitrogen and oxygen atoms in total. The molecule has 1 unspecified atom stereocenters. The molecular formula is C10H11ClNO. The van der Waals surface area contributed by atoms with E-state index < -0.39 is 0 Å². The summed E-state index contributed by atoms with van der Waals surface area (Å²) in [6, 6.07) is 6.91. The Labute approximate surface area is 83.1 Å². The van der Waals surface area contributed by atoms with Crippen molar-refractivity contribution in [1.82, 2.24) is 4.90 Å². The van der Waals surface area contributed by atoms with Gasteiger partial charge in [-0.2, -0.15) is 0 Å². The summed E-state index contributed by atoms with van der Waals surface area (Å²) in [7, 11) is 3.66. The summed E-state index contributed by atoms with van der Waals surface area (Å²) in [5.74, 6) is 0. The van der Waals surface area contributed by atoms with E-state index in [1.807, 2.05) is 32.5 Å². The lowest BCUT2D eigenvalue weighted by Crippen LogP contribution is -2.20. The van der Waals surface area contributed by atoms with E-state index in [4.69, 9.17) is 11.6 Å². The SMILES string of the molecule is CN(C)C([C]=O)c1cccc(Cl)c1. The average Bonchev–Trinajstić information content (AvgIpc) is 2.04. The van der Waals surface area contributed by atoms with Gasteiger partial charge >= 0.3 is 0 Å². The van der Waals surface area contributed by atoms with Gasteiger partial charge in [-0.05, 0) is 31.8 Å². The molecule has 3 heteroatoms. The molecule has 1 atom stereocenters. The lowest BCUT2D eigenvalue weighted by molar-refractivity contribution is 0.355. The normalized spacial score (nSPS) is 12.9. The molecular weight excluding hydrogens is 186 g/mol. The van der Waals surface area contributed by atoms with Crippen molar-refractivity contribution in [3.8, 4) is 0 Å². The average molecular weight is 197 g/mol. The van der Waals surface area contributed by atoms with Crippen molar-refractivity contribution in [3.63, 3.8) is 0 Å². The Kier molecular flexibility index (Phi) is 3.46. The second kappa shape index (κ2) is 4.40. The Morgan fingerprint density at radius 1 is 1.46 bits per heavy atom. The molecule has 0 aliphatic carbocycles. The van der Waals surface area contributed by atoms with Crippen molar-refractivity contribution in [2.45, 2.75) is 6.04 Å². The quantitative estimate of drug-likeness (QED) is 0.738. The van der Waals surface area contributed by atoms with E-state index in [2.05, 4.69) is 0 Å². The van der Waals surface area contributed by atoms with Crippen LogP contribution < -0.4 is 0 Å². The third-order valence-corrected chi connectivity index (χ3v) is 2.03. The van der Waals surface area contributed by atoms with Gasteiger partial charge in [0, 0.05) is 5.02 Å². The minimum absolute atomic E-state index is 0.335. The van der Waals surface area contributed by atoms with Crippen molar-refractivity contribution in [2.24, 2.45) is 0 Å². The maximum Gasteiger partial charge on any atom is 0.221 e. The zero-order valence-corrected chi connectivity index (χ0v) is 8.38. The lowest BCUT2D eigenvalue weighted by atomic mass is 10.1. The summed E-state index contributed by atoms with van der Waals surface area (Å²) in [6.07, 6.45) is 1.96. The maximum absolute atomic E-state index is 10.6. The van der Waals surface area contributed by atoms with Crippen LogP contribution in [0.15, 0.2) is 24.3 Å². The van der Waals surface area contributed by atoms with Crippen LogP contribution >= 0.6 is 11.6 Å². The Morgan fingerprint density at radius 3 is 2.62 bits per heavy atom. The number of hydrogen-bond acceptors (Lipinski definition) is 2. The highest BCUT2D eigenvalue weighted by Gasteiger charge is 2.13. The molecule has 0 amide bonds. The largest absolute Gasteiger partial charge is 0.296 e. The summed E-state index contributed by atoms with van der Waals surface area (Å²) in [5, 5.41) is 0.639. The van der Waals surface area contributed by atoms with Crippen LogP contribution in [-0.2, 0) is 4.79 Å². The van der Waals surface area contributed by atoms with E-state index in [0.29, 0.717) is 5.02 Å². The highest BCUT2D eigenvalue weighted by molar-refractivity contribution is 6.30. The number of halogens is 1. The van der Waals surface area contributed by atoms with Gasteiger partial charge in [-0.1, -0.05) is 23.7 Å². The second-order valence-corrected chi connectivity index (χ2v) is 3.48. The van der Waals surface area contributed by atoms with Crippen LogP contribution in [0.5, 0.6) is 0 Å². The number of carbonyl (C=O) groups excluding carboxylic acids is 1. The summed E-state index contributed by atoms with van der Waals surface area (Å²) in [5.41, 5.74) is 0.868.